The highest BCUT2D eigenvalue weighted by molar-refractivity contribution is 7.89. The van der Waals surface area contributed by atoms with Crippen LogP contribution in [0.25, 0.3) is 10.7 Å². The lowest BCUT2D eigenvalue weighted by atomic mass is 9.99. The van der Waals surface area contributed by atoms with Crippen LogP contribution in [0.4, 0.5) is 10.1 Å². The lowest BCUT2D eigenvalue weighted by Gasteiger charge is -2.31. The minimum Gasteiger partial charge on any atom is -0.339 e. The summed E-state index contributed by atoms with van der Waals surface area (Å²) in [6.45, 7) is 2.20. The zero-order chi connectivity index (χ0) is 23.2. The number of rotatable bonds is 6. The van der Waals surface area contributed by atoms with Crippen molar-refractivity contribution < 1.29 is 22.1 Å². The zero-order valence-corrected chi connectivity index (χ0v) is 19.6. The lowest BCUT2D eigenvalue weighted by molar-refractivity contribution is -0.120. The molecule has 11 heteroatoms. The first kappa shape index (κ1) is 22.2. The second kappa shape index (κ2) is 8.62. The van der Waals surface area contributed by atoms with Gasteiger partial charge in [0.25, 0.3) is 0 Å². The van der Waals surface area contributed by atoms with Crippen molar-refractivity contribution in [3.8, 4) is 10.7 Å². The largest absolute Gasteiger partial charge is 0.339 e. The van der Waals surface area contributed by atoms with Crippen molar-refractivity contribution in [1.29, 1.82) is 0 Å². The summed E-state index contributed by atoms with van der Waals surface area (Å²) in [4.78, 5) is 18.6. The molecule has 0 bridgehead atoms. The molecule has 3 aromatic rings. The molecule has 33 heavy (non-hydrogen) atoms. The monoisotopic (exact) mass is 490 g/mol. The maximum Gasteiger partial charge on any atom is 0.244 e. The van der Waals surface area contributed by atoms with Gasteiger partial charge in [0.05, 0.1) is 15.7 Å². The Morgan fingerprint density at radius 1 is 1.24 bits per heavy atom. The standard InChI is InChI=1S/C22H23FN4O4S2/c1-13-19(11-18(32-13)20-25-22(31-26-20)14-4-5-14)33(29,30)27-10-2-3-15(12-27)21(28)24-17-8-6-16(23)7-9-17/h6-9,11,14-15H,2-5,10,12H2,1H3,(H,24,28)/t15-/m1/s1. The maximum absolute atomic E-state index is 13.4. The SMILES string of the molecule is Cc1sc(-c2noc(C3CC3)n2)cc1S(=O)(=O)N1CCC[C@@H](C(=O)Nc2ccc(F)cc2)C1. The molecule has 1 aromatic carbocycles. The molecule has 1 aliphatic carbocycles. The van der Waals surface area contributed by atoms with Gasteiger partial charge in [-0.15, -0.1) is 11.3 Å². The fourth-order valence-electron chi connectivity index (χ4n) is 3.95. The molecule has 1 saturated heterocycles. The number of aryl methyl sites for hydroxylation is 1. The molecule has 0 spiro atoms. The molecule has 174 valence electrons. The molecular weight excluding hydrogens is 467 g/mol. The summed E-state index contributed by atoms with van der Waals surface area (Å²) in [6, 6.07) is 7.09. The fourth-order valence-corrected chi connectivity index (χ4v) is 6.96. The lowest BCUT2D eigenvalue weighted by Crippen LogP contribution is -2.43. The second-order valence-electron chi connectivity index (χ2n) is 8.46. The third kappa shape index (κ3) is 4.57. The van der Waals surface area contributed by atoms with Crippen LogP contribution in [0.5, 0.6) is 0 Å². The van der Waals surface area contributed by atoms with Crippen molar-refractivity contribution in [2.45, 2.75) is 43.4 Å². The number of carbonyl (C=O) groups is 1. The Labute approximate surface area is 194 Å². The van der Waals surface area contributed by atoms with Crippen LogP contribution in [0, 0.1) is 18.7 Å². The van der Waals surface area contributed by atoms with Crippen LogP contribution in [0.3, 0.4) is 0 Å². The molecule has 3 heterocycles. The quantitative estimate of drug-likeness (QED) is 0.556. The van der Waals surface area contributed by atoms with E-state index in [0.29, 0.717) is 52.5 Å². The van der Waals surface area contributed by atoms with Gasteiger partial charge < -0.3 is 9.84 Å². The normalized spacial score (nSPS) is 19.5. The van der Waals surface area contributed by atoms with Gasteiger partial charge >= 0.3 is 0 Å². The second-order valence-corrected chi connectivity index (χ2v) is 11.6. The van der Waals surface area contributed by atoms with E-state index in [2.05, 4.69) is 15.5 Å². The average molecular weight is 491 g/mol. The third-order valence-electron chi connectivity index (χ3n) is 5.95. The molecule has 1 saturated carbocycles. The molecule has 1 atom stereocenters. The number of amides is 1. The predicted octanol–water partition coefficient (Wildman–Crippen LogP) is 4.16. The smallest absolute Gasteiger partial charge is 0.244 e. The van der Waals surface area contributed by atoms with E-state index < -0.39 is 21.8 Å². The van der Waals surface area contributed by atoms with Gasteiger partial charge in [-0.2, -0.15) is 9.29 Å². The molecule has 0 unspecified atom stereocenters. The van der Waals surface area contributed by atoms with E-state index in [1.165, 1.54) is 39.9 Å². The van der Waals surface area contributed by atoms with Gasteiger partial charge in [0, 0.05) is 29.6 Å². The van der Waals surface area contributed by atoms with E-state index in [9.17, 15) is 17.6 Å². The van der Waals surface area contributed by atoms with E-state index in [1.807, 2.05) is 0 Å². The Bertz CT molecular complexity index is 1280. The van der Waals surface area contributed by atoms with E-state index in [4.69, 9.17) is 4.52 Å². The van der Waals surface area contributed by atoms with Gasteiger partial charge in [-0.25, -0.2) is 12.8 Å². The number of aromatic nitrogens is 2. The minimum atomic E-state index is -3.79. The maximum atomic E-state index is 13.4. The number of hydrogen-bond acceptors (Lipinski definition) is 7. The fraction of sp³-hybridized carbons (Fsp3) is 0.409. The summed E-state index contributed by atoms with van der Waals surface area (Å²) in [5.74, 6) is 0.173. The molecule has 1 aliphatic heterocycles. The molecule has 1 N–H and O–H groups in total. The topological polar surface area (TPSA) is 105 Å². The van der Waals surface area contributed by atoms with Crippen LogP contribution >= 0.6 is 11.3 Å². The number of carbonyl (C=O) groups excluding carboxylic acids is 1. The summed E-state index contributed by atoms with van der Waals surface area (Å²) in [5, 5.41) is 6.77. The molecule has 2 aliphatic rings. The summed E-state index contributed by atoms with van der Waals surface area (Å²) < 4.78 is 46.7. The van der Waals surface area contributed by atoms with Gasteiger partial charge in [-0.3, -0.25) is 4.79 Å². The molecule has 1 amide bonds. The highest BCUT2D eigenvalue weighted by atomic mass is 32.2. The Hall–Kier alpha value is -2.63. The minimum absolute atomic E-state index is 0.0913. The number of nitrogens with one attached hydrogen (secondary N) is 1. The highest BCUT2D eigenvalue weighted by Crippen LogP contribution is 2.41. The molecule has 2 aromatic heterocycles. The van der Waals surface area contributed by atoms with E-state index >= 15 is 0 Å². The zero-order valence-electron chi connectivity index (χ0n) is 18.0. The van der Waals surface area contributed by atoms with Crippen LogP contribution in [0.15, 0.2) is 39.8 Å². The molecule has 0 radical (unpaired) electrons. The van der Waals surface area contributed by atoms with Crippen LogP contribution in [-0.2, 0) is 14.8 Å². The molecule has 5 rings (SSSR count). The number of hydrogen-bond donors (Lipinski definition) is 1. The molecule has 8 nitrogen and oxygen atoms in total. The van der Waals surface area contributed by atoms with Crippen molar-refractivity contribution >= 4 is 33.0 Å². The Morgan fingerprint density at radius 2 is 2.00 bits per heavy atom. The average Bonchev–Trinajstić information content (AvgIpc) is 3.39. The summed E-state index contributed by atoms with van der Waals surface area (Å²) >= 11 is 1.31. The van der Waals surface area contributed by atoms with Crippen molar-refractivity contribution in [3.63, 3.8) is 0 Å². The number of halogens is 1. The van der Waals surface area contributed by atoms with E-state index in [0.717, 1.165) is 12.8 Å². The van der Waals surface area contributed by atoms with Crippen molar-refractivity contribution in [1.82, 2.24) is 14.4 Å². The summed E-state index contributed by atoms with van der Waals surface area (Å²) in [7, 11) is -3.79. The van der Waals surface area contributed by atoms with Crippen LogP contribution in [0.1, 0.15) is 42.4 Å². The van der Waals surface area contributed by atoms with Crippen LogP contribution in [-0.4, -0.2) is 41.9 Å². The predicted molar refractivity (Wildman–Crippen MR) is 121 cm³/mol. The van der Waals surface area contributed by atoms with Crippen LogP contribution < -0.4 is 5.32 Å². The van der Waals surface area contributed by atoms with Gasteiger partial charge in [0.15, 0.2) is 0 Å². The third-order valence-corrected chi connectivity index (χ3v) is 9.11. The van der Waals surface area contributed by atoms with Crippen molar-refractivity contribution in [2.24, 2.45) is 5.92 Å². The van der Waals surface area contributed by atoms with Crippen LogP contribution in [0.2, 0.25) is 0 Å². The first-order valence-corrected chi connectivity index (χ1v) is 13.1. The number of piperidine rings is 1. The number of thiophene rings is 1. The Kier molecular flexibility index (Phi) is 5.79. The van der Waals surface area contributed by atoms with Crippen molar-refractivity contribution in [3.05, 3.63) is 46.9 Å². The van der Waals surface area contributed by atoms with Gasteiger partial charge in [-0.05, 0) is 62.9 Å². The van der Waals surface area contributed by atoms with E-state index in [1.54, 1.807) is 13.0 Å². The number of nitrogens with zero attached hydrogens (tertiary/aromatic N) is 3. The molecular formula is C22H23FN4O4S2. The van der Waals surface area contributed by atoms with Gasteiger partial charge in [0.1, 0.15) is 5.82 Å². The number of anilines is 1. The highest BCUT2D eigenvalue weighted by Gasteiger charge is 2.35. The first-order chi connectivity index (χ1) is 15.8. The summed E-state index contributed by atoms with van der Waals surface area (Å²) in [5.41, 5.74) is 0.477. The molecule has 2 fully saturated rings. The first-order valence-electron chi connectivity index (χ1n) is 10.8. The van der Waals surface area contributed by atoms with E-state index in [-0.39, 0.29) is 17.3 Å². The van der Waals surface area contributed by atoms with Crippen molar-refractivity contribution in [2.75, 3.05) is 18.4 Å². The van der Waals surface area contributed by atoms with Gasteiger partial charge in [-0.1, -0.05) is 5.16 Å². The summed E-state index contributed by atoms with van der Waals surface area (Å²) in [6.07, 6.45) is 3.23. The number of benzene rings is 1. The Morgan fingerprint density at radius 3 is 2.73 bits per heavy atom. The van der Waals surface area contributed by atoms with Gasteiger partial charge in [0.2, 0.25) is 27.6 Å². The Balaban J connectivity index is 1.32. The number of sulfonamides is 1.